The van der Waals surface area contributed by atoms with Crippen LogP contribution in [-0.4, -0.2) is 26.8 Å². The number of benzene rings is 2. The van der Waals surface area contributed by atoms with Gasteiger partial charge in [-0.15, -0.1) is 0 Å². The fourth-order valence-corrected chi connectivity index (χ4v) is 4.34. The van der Waals surface area contributed by atoms with Crippen LogP contribution in [0.4, 0.5) is 14.5 Å². The van der Waals surface area contributed by atoms with Crippen molar-refractivity contribution < 1.29 is 13.6 Å². The standard InChI is InChI=1S/C25H16F2N6O/c26-25(27)13-24(14-25,23-32-20-9-16(11-29)12-30-21(20)33-23)18-6-4-17(5-7-18)22(34)31-19-3-1-2-15(8-19)10-28/h1-9,12H,13-14H2,(H,31,34)(H,30,32,33). The number of hydrogen-bond donors (Lipinski definition) is 2. The third kappa shape index (κ3) is 3.63. The number of H-pyrrole nitrogens is 1. The van der Waals surface area contributed by atoms with E-state index in [4.69, 9.17) is 10.5 Å². The number of nitrogens with zero attached hydrogens (tertiary/aromatic N) is 4. The fraction of sp³-hybridized carbons (Fsp3) is 0.160. The van der Waals surface area contributed by atoms with Gasteiger partial charge in [0.2, 0.25) is 0 Å². The predicted octanol–water partition coefficient (Wildman–Crippen LogP) is 4.67. The summed E-state index contributed by atoms with van der Waals surface area (Å²) in [6, 6.07) is 18.6. The van der Waals surface area contributed by atoms with Crippen molar-refractivity contribution in [2.75, 3.05) is 5.32 Å². The summed E-state index contributed by atoms with van der Waals surface area (Å²) in [7, 11) is 0. The van der Waals surface area contributed by atoms with Gasteiger partial charge in [-0.25, -0.2) is 18.7 Å². The van der Waals surface area contributed by atoms with Gasteiger partial charge in [-0.3, -0.25) is 4.79 Å². The van der Waals surface area contributed by atoms with E-state index in [2.05, 4.69) is 20.3 Å². The molecule has 166 valence electrons. The molecule has 1 saturated carbocycles. The smallest absolute Gasteiger partial charge is 0.255 e. The Hall–Kier alpha value is -4.63. The number of carbonyl (C=O) groups is 1. The number of anilines is 1. The Morgan fingerprint density at radius 1 is 1.03 bits per heavy atom. The number of nitrogens with one attached hydrogen (secondary N) is 2. The number of amides is 1. The quantitative estimate of drug-likeness (QED) is 0.465. The first-order valence-electron chi connectivity index (χ1n) is 10.4. The first kappa shape index (κ1) is 21.2. The zero-order valence-corrected chi connectivity index (χ0v) is 17.6. The molecule has 1 aliphatic rings. The van der Waals surface area contributed by atoms with Gasteiger partial charge in [0.05, 0.1) is 28.1 Å². The lowest BCUT2D eigenvalue weighted by atomic mass is 9.61. The van der Waals surface area contributed by atoms with Gasteiger partial charge in [0.15, 0.2) is 5.65 Å². The molecule has 7 nitrogen and oxygen atoms in total. The zero-order chi connectivity index (χ0) is 23.9. The highest BCUT2D eigenvalue weighted by Gasteiger charge is 2.60. The van der Waals surface area contributed by atoms with Crippen molar-refractivity contribution in [1.29, 1.82) is 10.5 Å². The highest BCUT2D eigenvalue weighted by atomic mass is 19.3. The molecule has 0 atom stereocenters. The van der Waals surface area contributed by atoms with Crippen LogP contribution >= 0.6 is 0 Å². The second kappa shape index (κ2) is 7.75. The number of hydrogen-bond acceptors (Lipinski definition) is 5. The number of alkyl halides is 2. The van der Waals surface area contributed by atoms with Crippen molar-refractivity contribution in [2.45, 2.75) is 24.2 Å². The number of nitriles is 2. The van der Waals surface area contributed by atoms with Crippen LogP contribution in [0, 0.1) is 22.7 Å². The molecule has 0 bridgehead atoms. The first-order chi connectivity index (χ1) is 16.3. The molecule has 0 aliphatic heterocycles. The van der Waals surface area contributed by atoms with Crippen LogP contribution in [0.25, 0.3) is 11.2 Å². The van der Waals surface area contributed by atoms with E-state index in [0.29, 0.717) is 44.9 Å². The van der Waals surface area contributed by atoms with Crippen molar-refractivity contribution in [1.82, 2.24) is 15.0 Å². The Kier molecular flexibility index (Phi) is 4.84. The molecule has 4 aromatic rings. The van der Waals surface area contributed by atoms with E-state index in [9.17, 15) is 13.6 Å². The second-order valence-corrected chi connectivity index (χ2v) is 8.31. The van der Waals surface area contributed by atoms with Crippen LogP contribution in [0.1, 0.15) is 45.7 Å². The molecule has 2 aromatic carbocycles. The molecule has 2 aromatic heterocycles. The van der Waals surface area contributed by atoms with Gasteiger partial charge < -0.3 is 10.3 Å². The summed E-state index contributed by atoms with van der Waals surface area (Å²) in [5.74, 6) is -2.88. The van der Waals surface area contributed by atoms with Gasteiger partial charge in [0, 0.05) is 30.3 Å². The molecule has 0 unspecified atom stereocenters. The fourth-order valence-electron chi connectivity index (χ4n) is 4.34. The van der Waals surface area contributed by atoms with E-state index in [1.165, 1.54) is 6.20 Å². The molecule has 34 heavy (non-hydrogen) atoms. The molecule has 1 amide bonds. The number of pyridine rings is 1. The Labute approximate surface area is 192 Å². The van der Waals surface area contributed by atoms with Crippen LogP contribution in [-0.2, 0) is 5.41 Å². The molecular weight excluding hydrogens is 438 g/mol. The number of fused-ring (bicyclic) bond motifs is 1. The average Bonchev–Trinajstić information content (AvgIpc) is 3.26. The van der Waals surface area contributed by atoms with Crippen molar-refractivity contribution in [3.8, 4) is 12.1 Å². The highest BCUT2D eigenvalue weighted by Crippen LogP contribution is 2.56. The monoisotopic (exact) mass is 454 g/mol. The van der Waals surface area contributed by atoms with Gasteiger partial charge in [0.25, 0.3) is 11.8 Å². The molecule has 0 spiro atoms. The number of aromatic nitrogens is 3. The van der Waals surface area contributed by atoms with Crippen molar-refractivity contribution in [2.24, 2.45) is 0 Å². The lowest BCUT2D eigenvalue weighted by Gasteiger charge is -2.46. The third-order valence-electron chi connectivity index (χ3n) is 5.99. The Morgan fingerprint density at radius 2 is 1.76 bits per heavy atom. The van der Waals surface area contributed by atoms with Crippen LogP contribution < -0.4 is 5.32 Å². The summed E-state index contributed by atoms with van der Waals surface area (Å²) >= 11 is 0. The molecule has 0 radical (unpaired) electrons. The first-order valence-corrected chi connectivity index (χ1v) is 10.4. The summed E-state index contributed by atoms with van der Waals surface area (Å²) < 4.78 is 28.2. The summed E-state index contributed by atoms with van der Waals surface area (Å²) in [6.07, 6.45) is 0.517. The Morgan fingerprint density at radius 3 is 2.44 bits per heavy atom. The van der Waals surface area contributed by atoms with Crippen molar-refractivity contribution in [3.63, 3.8) is 0 Å². The Bertz CT molecular complexity index is 1500. The van der Waals surface area contributed by atoms with E-state index in [1.54, 1.807) is 54.6 Å². The van der Waals surface area contributed by atoms with Crippen LogP contribution in [0.2, 0.25) is 0 Å². The minimum absolute atomic E-state index is 0.339. The maximum absolute atomic E-state index is 14.1. The van der Waals surface area contributed by atoms with E-state index in [1.807, 2.05) is 12.1 Å². The lowest BCUT2D eigenvalue weighted by molar-refractivity contribution is -0.115. The summed E-state index contributed by atoms with van der Waals surface area (Å²) in [5.41, 5.74) is 1.97. The number of halogens is 2. The average molecular weight is 454 g/mol. The van der Waals surface area contributed by atoms with Gasteiger partial charge in [0.1, 0.15) is 11.9 Å². The molecular formula is C25H16F2N6O. The predicted molar refractivity (Wildman–Crippen MR) is 119 cm³/mol. The molecule has 2 N–H and O–H groups in total. The normalized spacial score (nSPS) is 15.6. The number of rotatable bonds is 4. The van der Waals surface area contributed by atoms with E-state index < -0.39 is 24.2 Å². The molecule has 2 heterocycles. The summed E-state index contributed by atoms with van der Waals surface area (Å²) in [5, 5.41) is 20.8. The van der Waals surface area contributed by atoms with Crippen LogP contribution in [0.3, 0.4) is 0 Å². The van der Waals surface area contributed by atoms with Gasteiger partial charge in [-0.2, -0.15) is 10.5 Å². The van der Waals surface area contributed by atoms with Crippen molar-refractivity contribution in [3.05, 3.63) is 88.9 Å². The minimum Gasteiger partial charge on any atom is -0.340 e. The second-order valence-electron chi connectivity index (χ2n) is 8.31. The van der Waals surface area contributed by atoms with Gasteiger partial charge in [-0.1, -0.05) is 18.2 Å². The third-order valence-corrected chi connectivity index (χ3v) is 5.99. The molecule has 0 saturated heterocycles. The van der Waals surface area contributed by atoms with Crippen LogP contribution in [0.5, 0.6) is 0 Å². The van der Waals surface area contributed by atoms with E-state index in [-0.39, 0.29) is 5.91 Å². The highest BCUT2D eigenvalue weighted by molar-refractivity contribution is 6.04. The lowest BCUT2D eigenvalue weighted by Crippen LogP contribution is -2.50. The Balaban J connectivity index is 1.45. The number of carbonyl (C=O) groups excluding carboxylic acids is 1. The maximum atomic E-state index is 14.1. The van der Waals surface area contributed by atoms with E-state index >= 15 is 0 Å². The minimum atomic E-state index is -2.84. The topological polar surface area (TPSA) is 118 Å². The van der Waals surface area contributed by atoms with Crippen LogP contribution in [0.15, 0.2) is 60.8 Å². The number of imidazole rings is 1. The maximum Gasteiger partial charge on any atom is 0.255 e. The van der Waals surface area contributed by atoms with E-state index in [0.717, 1.165) is 0 Å². The zero-order valence-electron chi connectivity index (χ0n) is 17.6. The molecule has 1 fully saturated rings. The SMILES string of the molecule is N#Cc1cccc(NC(=O)c2ccc(C3(c4nc5ncc(C#N)cc5[nH]4)CC(F)(F)C3)cc2)c1. The summed E-state index contributed by atoms with van der Waals surface area (Å²) in [4.78, 5) is 24.3. The van der Waals surface area contributed by atoms with Gasteiger partial charge in [-0.05, 0) is 42.0 Å². The van der Waals surface area contributed by atoms with Crippen molar-refractivity contribution >= 4 is 22.8 Å². The molecule has 1 aliphatic carbocycles. The van der Waals surface area contributed by atoms with Gasteiger partial charge >= 0.3 is 0 Å². The molecule has 9 heteroatoms. The number of aromatic amines is 1. The largest absolute Gasteiger partial charge is 0.340 e. The summed E-state index contributed by atoms with van der Waals surface area (Å²) in [6.45, 7) is 0. The molecule has 5 rings (SSSR count).